The van der Waals surface area contributed by atoms with E-state index >= 15 is 0 Å². The van der Waals surface area contributed by atoms with Crippen molar-refractivity contribution in [2.24, 2.45) is 5.41 Å². The Morgan fingerprint density at radius 3 is 2.61 bits per heavy atom. The minimum absolute atomic E-state index is 0.139. The molecule has 0 atom stereocenters. The van der Waals surface area contributed by atoms with Crippen molar-refractivity contribution < 1.29 is 32.5 Å². The molecule has 6 nitrogen and oxygen atoms in total. The Balaban J connectivity index is 1.33. The van der Waals surface area contributed by atoms with E-state index in [4.69, 9.17) is 9.47 Å². The summed E-state index contributed by atoms with van der Waals surface area (Å²) < 4.78 is 52.3. The number of hydrogen-bond acceptors (Lipinski definition) is 5. The summed E-state index contributed by atoms with van der Waals surface area (Å²) in [5.74, 6) is -1.99. The predicted octanol–water partition coefficient (Wildman–Crippen LogP) is 5.23. The van der Waals surface area contributed by atoms with Gasteiger partial charge in [0.2, 0.25) is 0 Å². The second-order valence-electron chi connectivity index (χ2n) is 9.17. The normalized spacial score (nSPS) is 15.7. The maximum atomic E-state index is 14.6. The zero-order valence-corrected chi connectivity index (χ0v) is 20.1. The van der Waals surface area contributed by atoms with Crippen LogP contribution in [-0.4, -0.2) is 54.3 Å². The van der Waals surface area contributed by atoms with Crippen molar-refractivity contribution in [2.45, 2.75) is 32.1 Å². The molecule has 0 radical (unpaired) electrons. The minimum Gasteiger partial charge on any atom is -0.497 e. The highest BCUT2D eigenvalue weighted by molar-refractivity contribution is 5.83. The molecular weight excluding hydrogens is 473 g/mol. The Morgan fingerprint density at radius 2 is 1.89 bits per heavy atom. The Bertz CT molecular complexity index is 1230. The van der Waals surface area contributed by atoms with Crippen molar-refractivity contribution in [3.05, 3.63) is 65.6 Å². The average Bonchev–Trinajstić information content (AvgIpc) is 2.88. The van der Waals surface area contributed by atoms with E-state index in [1.807, 2.05) is 0 Å². The first kappa shape index (κ1) is 25.8. The van der Waals surface area contributed by atoms with Crippen molar-refractivity contribution >= 4 is 16.9 Å². The molecule has 1 fully saturated rings. The molecule has 0 saturated carbocycles. The number of carbonyl (C=O) groups is 1. The molecule has 1 saturated heterocycles. The van der Waals surface area contributed by atoms with Crippen LogP contribution in [0.5, 0.6) is 11.5 Å². The van der Waals surface area contributed by atoms with Crippen LogP contribution in [0, 0.1) is 22.9 Å². The highest BCUT2D eigenvalue weighted by Gasteiger charge is 2.40. The number of aromatic nitrogens is 1. The molecule has 4 rings (SSSR count). The molecule has 1 aliphatic rings. The number of carboxylic acid groups (broad SMARTS) is 1. The fourth-order valence-electron chi connectivity index (χ4n) is 4.83. The SMILES string of the molecule is COc1ccc2ncc(F)c(CCCC3(C(=O)O)CCN(CCOc4cc(F)ccc4F)CC3)c2c1. The van der Waals surface area contributed by atoms with E-state index < -0.39 is 28.8 Å². The number of likely N-dealkylation sites (tertiary alicyclic amines) is 1. The second kappa shape index (κ2) is 11.2. The fraction of sp³-hybridized carbons (Fsp3) is 0.407. The Hall–Kier alpha value is -3.33. The van der Waals surface area contributed by atoms with E-state index in [-0.39, 0.29) is 12.4 Å². The van der Waals surface area contributed by atoms with Crippen molar-refractivity contribution in [1.29, 1.82) is 0 Å². The van der Waals surface area contributed by atoms with Crippen LogP contribution in [0.4, 0.5) is 13.2 Å². The number of rotatable bonds is 10. The molecule has 9 heteroatoms. The van der Waals surface area contributed by atoms with Crippen molar-refractivity contribution in [1.82, 2.24) is 9.88 Å². The van der Waals surface area contributed by atoms with Gasteiger partial charge in [0, 0.05) is 18.0 Å². The van der Waals surface area contributed by atoms with Gasteiger partial charge in [0.15, 0.2) is 11.6 Å². The Kier molecular flexibility index (Phi) is 7.98. The number of fused-ring (bicyclic) bond motifs is 1. The average molecular weight is 503 g/mol. The van der Waals surface area contributed by atoms with Gasteiger partial charge in [0.1, 0.15) is 24.0 Å². The maximum absolute atomic E-state index is 14.6. The molecule has 192 valence electrons. The number of aliphatic carboxylic acids is 1. The third kappa shape index (κ3) is 5.73. The summed E-state index contributed by atoms with van der Waals surface area (Å²) in [7, 11) is 1.54. The molecule has 36 heavy (non-hydrogen) atoms. The molecule has 2 heterocycles. The summed E-state index contributed by atoms with van der Waals surface area (Å²) in [4.78, 5) is 18.4. The molecule has 2 aromatic carbocycles. The smallest absolute Gasteiger partial charge is 0.309 e. The Morgan fingerprint density at radius 1 is 1.11 bits per heavy atom. The predicted molar refractivity (Wildman–Crippen MR) is 129 cm³/mol. The quantitative estimate of drug-likeness (QED) is 0.410. The van der Waals surface area contributed by atoms with Gasteiger partial charge >= 0.3 is 5.97 Å². The molecule has 3 aromatic rings. The number of carboxylic acids is 1. The summed E-state index contributed by atoms with van der Waals surface area (Å²) in [5, 5.41) is 10.7. The van der Waals surface area contributed by atoms with Gasteiger partial charge in [-0.3, -0.25) is 14.7 Å². The van der Waals surface area contributed by atoms with E-state index in [1.54, 1.807) is 25.3 Å². The lowest BCUT2D eigenvalue weighted by Gasteiger charge is -2.39. The lowest BCUT2D eigenvalue weighted by Crippen LogP contribution is -2.45. The van der Waals surface area contributed by atoms with Crippen molar-refractivity contribution in [3.8, 4) is 11.5 Å². The van der Waals surface area contributed by atoms with Gasteiger partial charge in [0.25, 0.3) is 0 Å². The molecule has 1 N–H and O–H groups in total. The summed E-state index contributed by atoms with van der Waals surface area (Å²) in [6.07, 6.45) is 3.43. The summed E-state index contributed by atoms with van der Waals surface area (Å²) in [6.45, 7) is 1.73. The van der Waals surface area contributed by atoms with Crippen LogP contribution in [0.15, 0.2) is 42.6 Å². The van der Waals surface area contributed by atoms with Crippen molar-refractivity contribution in [3.63, 3.8) is 0 Å². The first-order valence-corrected chi connectivity index (χ1v) is 12.0. The maximum Gasteiger partial charge on any atom is 0.309 e. The molecule has 0 amide bonds. The van der Waals surface area contributed by atoms with E-state index in [9.17, 15) is 23.1 Å². The topological polar surface area (TPSA) is 71.9 Å². The molecule has 0 spiro atoms. The molecule has 0 bridgehead atoms. The molecule has 1 aliphatic heterocycles. The Labute approximate surface area is 207 Å². The number of piperidine rings is 1. The number of nitrogens with zero attached hydrogens (tertiary/aromatic N) is 2. The summed E-state index contributed by atoms with van der Waals surface area (Å²) in [5.41, 5.74) is 0.288. The van der Waals surface area contributed by atoms with Gasteiger partial charge in [0.05, 0.1) is 24.2 Å². The zero-order chi connectivity index (χ0) is 25.7. The summed E-state index contributed by atoms with van der Waals surface area (Å²) in [6, 6.07) is 8.35. The van der Waals surface area contributed by atoms with Crippen LogP contribution >= 0.6 is 0 Å². The first-order valence-electron chi connectivity index (χ1n) is 12.0. The number of aryl methyl sites for hydroxylation is 1. The number of hydrogen-bond donors (Lipinski definition) is 1. The van der Waals surface area contributed by atoms with Crippen LogP contribution in [0.3, 0.4) is 0 Å². The fourth-order valence-corrected chi connectivity index (χ4v) is 4.83. The number of halogens is 3. The van der Waals surface area contributed by atoms with Gasteiger partial charge < -0.3 is 14.6 Å². The molecule has 0 unspecified atom stereocenters. The lowest BCUT2D eigenvalue weighted by molar-refractivity contribution is -0.152. The van der Waals surface area contributed by atoms with E-state index in [0.717, 1.165) is 18.2 Å². The first-order chi connectivity index (χ1) is 17.3. The van der Waals surface area contributed by atoms with Gasteiger partial charge in [-0.15, -0.1) is 0 Å². The third-order valence-corrected chi connectivity index (χ3v) is 7.04. The van der Waals surface area contributed by atoms with Gasteiger partial charge in [-0.1, -0.05) is 0 Å². The number of pyridine rings is 1. The number of methoxy groups -OCH3 is 1. The molecular formula is C27H29F3N2O4. The standard InChI is InChI=1S/C27H29F3N2O4/c1-35-19-5-7-24-21(16-19)20(23(30)17-31-24)3-2-8-27(26(33)34)9-11-32(12-10-27)13-14-36-25-15-18(28)4-6-22(25)29/h4-7,15-17H,2-3,8-14H2,1H3,(H,33,34). The minimum atomic E-state index is -0.886. The highest BCUT2D eigenvalue weighted by atomic mass is 19.1. The van der Waals surface area contributed by atoms with E-state index in [0.29, 0.717) is 74.0 Å². The van der Waals surface area contributed by atoms with E-state index in [1.165, 1.54) is 6.20 Å². The number of benzene rings is 2. The van der Waals surface area contributed by atoms with Gasteiger partial charge in [-0.25, -0.2) is 13.2 Å². The van der Waals surface area contributed by atoms with Crippen LogP contribution in [0.2, 0.25) is 0 Å². The van der Waals surface area contributed by atoms with Crippen LogP contribution in [0.1, 0.15) is 31.2 Å². The third-order valence-electron chi connectivity index (χ3n) is 7.04. The van der Waals surface area contributed by atoms with Crippen LogP contribution in [-0.2, 0) is 11.2 Å². The van der Waals surface area contributed by atoms with Gasteiger partial charge in [-0.2, -0.15) is 0 Å². The zero-order valence-electron chi connectivity index (χ0n) is 20.1. The summed E-state index contributed by atoms with van der Waals surface area (Å²) >= 11 is 0. The van der Waals surface area contributed by atoms with Crippen LogP contribution in [0.25, 0.3) is 10.9 Å². The lowest BCUT2D eigenvalue weighted by atomic mass is 9.74. The van der Waals surface area contributed by atoms with Gasteiger partial charge in [-0.05, 0) is 81.1 Å². The molecule has 1 aromatic heterocycles. The van der Waals surface area contributed by atoms with Crippen molar-refractivity contribution in [2.75, 3.05) is 33.4 Å². The number of ether oxygens (including phenoxy) is 2. The largest absolute Gasteiger partial charge is 0.497 e. The van der Waals surface area contributed by atoms with Crippen LogP contribution < -0.4 is 9.47 Å². The highest BCUT2D eigenvalue weighted by Crippen LogP contribution is 2.37. The monoisotopic (exact) mass is 502 g/mol. The van der Waals surface area contributed by atoms with E-state index in [2.05, 4.69) is 9.88 Å². The second-order valence-corrected chi connectivity index (χ2v) is 9.17. The molecule has 0 aliphatic carbocycles.